The van der Waals surface area contributed by atoms with E-state index in [0.717, 1.165) is 12.1 Å². The van der Waals surface area contributed by atoms with E-state index in [2.05, 4.69) is 5.10 Å². The summed E-state index contributed by atoms with van der Waals surface area (Å²) in [4.78, 5) is 39.0. The van der Waals surface area contributed by atoms with Crippen molar-refractivity contribution in [2.45, 2.75) is 52.0 Å². The van der Waals surface area contributed by atoms with Gasteiger partial charge in [0.25, 0.3) is 5.91 Å². The van der Waals surface area contributed by atoms with Crippen LogP contribution in [0, 0.1) is 0 Å². The molecule has 1 N–H and O–H groups in total. The van der Waals surface area contributed by atoms with Crippen LogP contribution in [0.1, 0.15) is 62.0 Å². The summed E-state index contributed by atoms with van der Waals surface area (Å²) in [5.74, 6) is -1.16. The quantitative estimate of drug-likeness (QED) is 0.854. The fraction of sp³-hybridized carbons (Fsp3) is 0.667. The van der Waals surface area contributed by atoms with Crippen LogP contribution in [0.25, 0.3) is 0 Å². The normalized spacial score (nSPS) is 17.9. The molecule has 144 valence electrons. The van der Waals surface area contributed by atoms with Crippen LogP contribution in [-0.4, -0.2) is 68.1 Å². The van der Waals surface area contributed by atoms with Crippen molar-refractivity contribution in [2.75, 3.05) is 19.6 Å². The zero-order valence-electron chi connectivity index (χ0n) is 15.9. The standard InChI is InChI=1S/C18H28N4O4/c1-12(2)17-15(10-20(4)19-17)18(26)21-8-5-6-14(7-9-21)22(13(3)23)11-16(24)25/h10,12,14H,5-9,11H2,1-4H3,(H,24,25). The molecule has 0 bridgehead atoms. The van der Waals surface area contributed by atoms with Gasteiger partial charge in [0, 0.05) is 39.3 Å². The lowest BCUT2D eigenvalue weighted by Crippen LogP contribution is -2.43. The highest BCUT2D eigenvalue weighted by Crippen LogP contribution is 2.22. The van der Waals surface area contributed by atoms with E-state index in [4.69, 9.17) is 5.11 Å². The third-order valence-corrected chi connectivity index (χ3v) is 4.77. The van der Waals surface area contributed by atoms with Gasteiger partial charge in [-0.15, -0.1) is 0 Å². The maximum atomic E-state index is 13.0. The van der Waals surface area contributed by atoms with Gasteiger partial charge in [0.1, 0.15) is 6.54 Å². The molecule has 2 rings (SSSR count). The lowest BCUT2D eigenvalue weighted by molar-refractivity contribution is -0.145. The van der Waals surface area contributed by atoms with Crippen LogP contribution in [0.2, 0.25) is 0 Å². The summed E-state index contributed by atoms with van der Waals surface area (Å²) in [7, 11) is 1.80. The molecule has 1 aromatic rings. The Balaban J connectivity index is 2.11. The molecule has 1 fully saturated rings. The number of aromatic nitrogens is 2. The molecule has 1 aliphatic heterocycles. The van der Waals surface area contributed by atoms with Gasteiger partial charge in [-0.3, -0.25) is 19.1 Å². The largest absolute Gasteiger partial charge is 0.480 e. The van der Waals surface area contributed by atoms with E-state index in [9.17, 15) is 14.4 Å². The van der Waals surface area contributed by atoms with Crippen molar-refractivity contribution < 1.29 is 19.5 Å². The topological polar surface area (TPSA) is 95.7 Å². The lowest BCUT2D eigenvalue weighted by Gasteiger charge is -2.28. The Bertz CT molecular complexity index is 683. The van der Waals surface area contributed by atoms with Gasteiger partial charge in [0.05, 0.1) is 11.3 Å². The third kappa shape index (κ3) is 4.62. The van der Waals surface area contributed by atoms with E-state index in [1.165, 1.54) is 11.8 Å². The highest BCUT2D eigenvalue weighted by atomic mass is 16.4. The Morgan fingerprint density at radius 3 is 2.58 bits per heavy atom. The maximum absolute atomic E-state index is 13.0. The predicted molar refractivity (Wildman–Crippen MR) is 95.9 cm³/mol. The molecular formula is C18H28N4O4. The Labute approximate surface area is 153 Å². The lowest BCUT2D eigenvalue weighted by atomic mass is 10.1. The van der Waals surface area contributed by atoms with Crippen molar-refractivity contribution in [3.8, 4) is 0 Å². The number of amides is 2. The van der Waals surface area contributed by atoms with Gasteiger partial charge >= 0.3 is 5.97 Å². The summed E-state index contributed by atoms with van der Waals surface area (Å²) in [5.41, 5.74) is 1.41. The maximum Gasteiger partial charge on any atom is 0.323 e. The molecule has 8 heteroatoms. The fourth-order valence-electron chi connectivity index (χ4n) is 3.50. The van der Waals surface area contributed by atoms with E-state index >= 15 is 0 Å². The zero-order valence-corrected chi connectivity index (χ0v) is 15.9. The molecule has 1 atom stereocenters. The number of carboxylic acid groups (broad SMARTS) is 1. The molecule has 2 heterocycles. The molecule has 0 radical (unpaired) electrons. The van der Waals surface area contributed by atoms with Crippen LogP contribution >= 0.6 is 0 Å². The Kier molecular flexibility index (Phi) is 6.39. The number of nitrogens with zero attached hydrogens (tertiary/aromatic N) is 4. The van der Waals surface area contributed by atoms with Crippen molar-refractivity contribution in [3.05, 3.63) is 17.5 Å². The molecule has 1 unspecified atom stereocenters. The molecule has 1 saturated heterocycles. The molecule has 1 aromatic heterocycles. The van der Waals surface area contributed by atoms with E-state index in [1.807, 2.05) is 13.8 Å². The second kappa shape index (κ2) is 8.33. The Hall–Kier alpha value is -2.38. The van der Waals surface area contributed by atoms with Crippen LogP contribution in [-0.2, 0) is 16.6 Å². The number of hydrogen-bond donors (Lipinski definition) is 1. The monoisotopic (exact) mass is 364 g/mol. The molecule has 8 nitrogen and oxygen atoms in total. The molecular weight excluding hydrogens is 336 g/mol. The SMILES string of the molecule is CC(=O)N(CC(=O)O)C1CCCN(C(=O)c2cn(C)nc2C(C)C)CC1. The number of hydrogen-bond acceptors (Lipinski definition) is 4. The second-order valence-electron chi connectivity index (χ2n) is 7.17. The van der Waals surface area contributed by atoms with Crippen LogP contribution in [0.3, 0.4) is 0 Å². The van der Waals surface area contributed by atoms with Crippen molar-refractivity contribution in [3.63, 3.8) is 0 Å². The minimum absolute atomic E-state index is 0.0462. The summed E-state index contributed by atoms with van der Waals surface area (Å²) in [6, 6.07) is -0.153. The molecule has 0 aliphatic carbocycles. The van der Waals surface area contributed by atoms with Crippen molar-refractivity contribution in [2.24, 2.45) is 7.05 Å². The number of aliphatic carboxylic acids is 1. The van der Waals surface area contributed by atoms with Gasteiger partial charge in [-0.1, -0.05) is 13.8 Å². The summed E-state index contributed by atoms with van der Waals surface area (Å²) in [6.45, 7) is 6.21. The van der Waals surface area contributed by atoms with Crippen LogP contribution in [0.4, 0.5) is 0 Å². The first-order chi connectivity index (χ1) is 12.2. The fourth-order valence-corrected chi connectivity index (χ4v) is 3.50. The summed E-state index contributed by atoms with van der Waals surface area (Å²) >= 11 is 0. The van der Waals surface area contributed by atoms with Gasteiger partial charge in [-0.05, 0) is 25.2 Å². The smallest absolute Gasteiger partial charge is 0.323 e. The number of carbonyl (C=O) groups is 3. The molecule has 0 saturated carbocycles. The number of likely N-dealkylation sites (tertiary alicyclic amines) is 1. The number of carboxylic acids is 1. The molecule has 1 aliphatic rings. The zero-order chi connectivity index (χ0) is 19.4. The van der Waals surface area contributed by atoms with Gasteiger partial charge < -0.3 is 14.9 Å². The van der Waals surface area contributed by atoms with E-state index in [1.54, 1.807) is 22.8 Å². The van der Waals surface area contributed by atoms with Crippen LogP contribution < -0.4 is 0 Å². The summed E-state index contributed by atoms with van der Waals surface area (Å²) in [6.07, 6.45) is 3.76. The first-order valence-corrected chi connectivity index (χ1v) is 9.02. The van der Waals surface area contributed by atoms with Crippen molar-refractivity contribution >= 4 is 17.8 Å². The Morgan fingerprint density at radius 2 is 2.00 bits per heavy atom. The number of rotatable bonds is 5. The first kappa shape index (κ1) is 19.9. The first-order valence-electron chi connectivity index (χ1n) is 9.02. The van der Waals surface area contributed by atoms with Gasteiger partial charge in [-0.2, -0.15) is 5.10 Å². The highest BCUT2D eigenvalue weighted by Gasteiger charge is 2.29. The molecule has 26 heavy (non-hydrogen) atoms. The van der Waals surface area contributed by atoms with Gasteiger partial charge in [0.15, 0.2) is 0 Å². The van der Waals surface area contributed by atoms with Crippen LogP contribution in [0.15, 0.2) is 6.20 Å². The van der Waals surface area contributed by atoms with Crippen molar-refractivity contribution in [1.82, 2.24) is 19.6 Å². The molecule has 0 spiro atoms. The van der Waals surface area contributed by atoms with Gasteiger partial charge in [-0.25, -0.2) is 0 Å². The van der Waals surface area contributed by atoms with Crippen LogP contribution in [0.5, 0.6) is 0 Å². The average Bonchev–Trinajstić information content (AvgIpc) is 2.79. The summed E-state index contributed by atoms with van der Waals surface area (Å²) < 4.78 is 1.66. The number of aryl methyl sites for hydroxylation is 1. The van der Waals surface area contributed by atoms with E-state index in [-0.39, 0.29) is 30.3 Å². The predicted octanol–water partition coefficient (Wildman–Crippen LogP) is 1.47. The van der Waals surface area contributed by atoms with Crippen molar-refractivity contribution in [1.29, 1.82) is 0 Å². The second-order valence-corrected chi connectivity index (χ2v) is 7.17. The number of carbonyl (C=O) groups excluding carboxylic acids is 2. The Morgan fingerprint density at radius 1 is 1.31 bits per heavy atom. The van der Waals surface area contributed by atoms with E-state index < -0.39 is 5.97 Å². The highest BCUT2D eigenvalue weighted by molar-refractivity contribution is 5.95. The minimum atomic E-state index is -1.02. The van der Waals surface area contributed by atoms with E-state index in [0.29, 0.717) is 31.5 Å². The minimum Gasteiger partial charge on any atom is -0.480 e. The molecule has 2 amide bonds. The summed E-state index contributed by atoms with van der Waals surface area (Å²) in [5, 5.41) is 13.4. The average molecular weight is 364 g/mol. The third-order valence-electron chi connectivity index (χ3n) is 4.77. The van der Waals surface area contributed by atoms with Gasteiger partial charge in [0.2, 0.25) is 5.91 Å². The molecule has 0 aromatic carbocycles.